The summed E-state index contributed by atoms with van der Waals surface area (Å²) < 4.78 is 0.939. The Hall–Kier alpha value is -1.50. The molecule has 0 aliphatic rings. The van der Waals surface area contributed by atoms with Crippen LogP contribution in [0.25, 0.3) is 0 Å². The molecule has 0 heterocycles. The van der Waals surface area contributed by atoms with Gasteiger partial charge in [0.15, 0.2) is 0 Å². The molecule has 0 unspecified atom stereocenters. The lowest BCUT2D eigenvalue weighted by atomic mass is 10.1. The highest BCUT2D eigenvalue weighted by atomic mass is 79.9. The molecule has 156 valence electrons. The molecule has 2 rings (SSSR count). The van der Waals surface area contributed by atoms with E-state index >= 15 is 0 Å². The van der Waals surface area contributed by atoms with Crippen LogP contribution in [-0.2, 0) is 16.1 Å². The van der Waals surface area contributed by atoms with Crippen molar-refractivity contribution < 1.29 is 9.59 Å². The monoisotopic (exact) mass is 496 g/mol. The first-order valence-corrected chi connectivity index (χ1v) is 11.7. The molecule has 0 bridgehead atoms. The predicted octanol–water partition coefficient (Wildman–Crippen LogP) is 5.53. The van der Waals surface area contributed by atoms with E-state index in [0.29, 0.717) is 11.6 Å². The Morgan fingerprint density at radius 3 is 2.48 bits per heavy atom. The summed E-state index contributed by atoms with van der Waals surface area (Å²) in [6.45, 7) is 6.12. The van der Waals surface area contributed by atoms with Crippen molar-refractivity contribution >= 4 is 51.1 Å². The van der Waals surface area contributed by atoms with Crippen molar-refractivity contribution in [2.75, 3.05) is 5.75 Å². The Morgan fingerprint density at radius 2 is 1.86 bits per heavy atom. The maximum atomic E-state index is 13.1. The Morgan fingerprint density at radius 1 is 1.17 bits per heavy atom. The molecule has 1 N–H and O–H groups in total. The molecule has 29 heavy (non-hydrogen) atoms. The molecule has 0 spiro atoms. The molecule has 0 aliphatic carbocycles. The van der Waals surface area contributed by atoms with Crippen LogP contribution >= 0.6 is 39.3 Å². The molecule has 4 nitrogen and oxygen atoms in total. The molecule has 2 amide bonds. The number of rotatable bonds is 9. The molecule has 2 atom stereocenters. The zero-order chi connectivity index (χ0) is 21.4. The van der Waals surface area contributed by atoms with Gasteiger partial charge in [-0.05, 0) is 62.2 Å². The minimum Gasteiger partial charge on any atom is -0.352 e. The van der Waals surface area contributed by atoms with Gasteiger partial charge in [-0.15, -0.1) is 11.8 Å². The first-order chi connectivity index (χ1) is 13.8. The second-order valence-corrected chi connectivity index (χ2v) is 9.29. The fraction of sp³-hybridized carbons (Fsp3) is 0.364. The number of benzene rings is 2. The quantitative estimate of drug-likeness (QED) is 0.464. The molecule has 2 aromatic rings. The standard InChI is InChI=1S/C22H26BrClN2O2S/c1-4-15(2)25-22(28)16(3)26(13-17-6-5-7-18(23)12-17)21(27)14-29-20-10-8-19(24)9-11-20/h5-12,15-16H,4,13-14H2,1-3H3,(H,25,28)/t15-,16-/m1/s1. The van der Waals surface area contributed by atoms with Crippen LogP contribution in [0.2, 0.25) is 5.02 Å². The van der Waals surface area contributed by atoms with E-state index in [1.807, 2.05) is 50.2 Å². The first kappa shape index (κ1) is 23.8. The van der Waals surface area contributed by atoms with Crippen molar-refractivity contribution in [3.8, 4) is 0 Å². The van der Waals surface area contributed by atoms with E-state index < -0.39 is 6.04 Å². The van der Waals surface area contributed by atoms with Crippen molar-refractivity contribution in [1.29, 1.82) is 0 Å². The Balaban J connectivity index is 2.14. The largest absolute Gasteiger partial charge is 0.352 e. The number of nitrogens with zero attached hydrogens (tertiary/aromatic N) is 1. The molecule has 0 radical (unpaired) electrons. The van der Waals surface area contributed by atoms with E-state index in [2.05, 4.69) is 21.2 Å². The lowest BCUT2D eigenvalue weighted by Crippen LogP contribution is -2.50. The summed E-state index contributed by atoms with van der Waals surface area (Å²) in [5, 5.41) is 3.64. The van der Waals surface area contributed by atoms with Crippen molar-refractivity contribution in [2.24, 2.45) is 0 Å². The fourth-order valence-corrected chi connectivity index (χ4v) is 4.00. The van der Waals surface area contributed by atoms with Crippen LogP contribution in [0.3, 0.4) is 0 Å². The highest BCUT2D eigenvalue weighted by molar-refractivity contribution is 9.10. The van der Waals surface area contributed by atoms with Crippen molar-refractivity contribution in [2.45, 2.75) is 50.7 Å². The maximum Gasteiger partial charge on any atom is 0.242 e. The lowest BCUT2D eigenvalue weighted by molar-refractivity contribution is -0.138. The minimum atomic E-state index is -0.568. The number of thioether (sulfide) groups is 1. The number of nitrogens with one attached hydrogen (secondary N) is 1. The summed E-state index contributed by atoms with van der Waals surface area (Å²) in [7, 11) is 0. The highest BCUT2D eigenvalue weighted by Gasteiger charge is 2.26. The van der Waals surface area contributed by atoms with Gasteiger partial charge in [0.05, 0.1) is 5.75 Å². The number of hydrogen-bond acceptors (Lipinski definition) is 3. The SMILES string of the molecule is CC[C@@H](C)NC(=O)[C@@H](C)N(Cc1cccc(Br)c1)C(=O)CSc1ccc(Cl)cc1. The molecular formula is C22H26BrClN2O2S. The third-order valence-corrected chi connectivity index (χ3v) is 6.33. The zero-order valence-corrected chi connectivity index (χ0v) is 20.0. The number of carbonyl (C=O) groups excluding carboxylic acids is 2. The number of halogens is 2. The smallest absolute Gasteiger partial charge is 0.242 e. The average molecular weight is 498 g/mol. The maximum absolute atomic E-state index is 13.1. The lowest BCUT2D eigenvalue weighted by Gasteiger charge is -2.29. The summed E-state index contributed by atoms with van der Waals surface area (Å²) in [6.07, 6.45) is 0.838. The fourth-order valence-electron chi connectivity index (χ4n) is 2.64. The second kappa shape index (κ2) is 11.6. The molecule has 2 aromatic carbocycles. The summed E-state index contributed by atoms with van der Waals surface area (Å²) in [5.41, 5.74) is 0.965. The Kier molecular flexibility index (Phi) is 9.53. The van der Waals surface area contributed by atoms with Crippen LogP contribution < -0.4 is 5.32 Å². The van der Waals surface area contributed by atoms with E-state index in [1.54, 1.807) is 24.0 Å². The van der Waals surface area contributed by atoms with Crippen LogP contribution in [-0.4, -0.2) is 34.6 Å². The van der Waals surface area contributed by atoms with Gasteiger partial charge in [-0.25, -0.2) is 0 Å². The molecule has 0 aliphatic heterocycles. The third-order valence-electron chi connectivity index (χ3n) is 4.59. The molecule has 0 saturated carbocycles. The van der Waals surface area contributed by atoms with Crippen LogP contribution in [0.1, 0.15) is 32.8 Å². The van der Waals surface area contributed by atoms with Crippen LogP contribution in [0.15, 0.2) is 57.9 Å². The van der Waals surface area contributed by atoms with Gasteiger partial charge in [0.25, 0.3) is 0 Å². The summed E-state index contributed by atoms with van der Waals surface area (Å²) in [5.74, 6) is 0.0206. The first-order valence-electron chi connectivity index (χ1n) is 9.52. The average Bonchev–Trinajstić information content (AvgIpc) is 2.70. The number of amides is 2. The summed E-state index contributed by atoms with van der Waals surface area (Å²) >= 11 is 10.8. The molecule has 0 fully saturated rings. The van der Waals surface area contributed by atoms with Crippen LogP contribution in [0.4, 0.5) is 0 Å². The van der Waals surface area contributed by atoms with Crippen LogP contribution in [0.5, 0.6) is 0 Å². The van der Waals surface area contributed by atoms with Gasteiger partial charge in [-0.2, -0.15) is 0 Å². The molecule has 0 saturated heterocycles. The van der Waals surface area contributed by atoms with Crippen molar-refractivity contribution in [3.63, 3.8) is 0 Å². The summed E-state index contributed by atoms with van der Waals surface area (Å²) in [6, 6.07) is 14.7. The van der Waals surface area contributed by atoms with Gasteiger partial charge in [-0.1, -0.05) is 46.6 Å². The van der Waals surface area contributed by atoms with Gasteiger partial charge in [-0.3, -0.25) is 9.59 Å². The van der Waals surface area contributed by atoms with Gasteiger partial charge >= 0.3 is 0 Å². The second-order valence-electron chi connectivity index (χ2n) is 6.89. The van der Waals surface area contributed by atoms with E-state index in [-0.39, 0.29) is 23.6 Å². The van der Waals surface area contributed by atoms with E-state index in [0.717, 1.165) is 21.4 Å². The van der Waals surface area contributed by atoms with E-state index in [9.17, 15) is 9.59 Å². The van der Waals surface area contributed by atoms with Crippen molar-refractivity contribution in [1.82, 2.24) is 10.2 Å². The number of carbonyl (C=O) groups is 2. The molecule has 0 aromatic heterocycles. The van der Waals surface area contributed by atoms with Gasteiger partial charge < -0.3 is 10.2 Å². The van der Waals surface area contributed by atoms with E-state index in [4.69, 9.17) is 11.6 Å². The third kappa shape index (κ3) is 7.68. The highest BCUT2D eigenvalue weighted by Crippen LogP contribution is 2.22. The normalized spacial score (nSPS) is 12.9. The summed E-state index contributed by atoms with van der Waals surface area (Å²) in [4.78, 5) is 28.4. The van der Waals surface area contributed by atoms with Gasteiger partial charge in [0.1, 0.15) is 6.04 Å². The Labute approximate surface area is 190 Å². The molecular weight excluding hydrogens is 472 g/mol. The van der Waals surface area contributed by atoms with Crippen molar-refractivity contribution in [3.05, 3.63) is 63.6 Å². The predicted molar refractivity (Wildman–Crippen MR) is 124 cm³/mol. The Bertz CT molecular complexity index is 832. The minimum absolute atomic E-state index is 0.0659. The topological polar surface area (TPSA) is 49.4 Å². The zero-order valence-electron chi connectivity index (χ0n) is 16.8. The number of hydrogen-bond donors (Lipinski definition) is 1. The van der Waals surface area contributed by atoms with Gasteiger partial charge in [0.2, 0.25) is 11.8 Å². The van der Waals surface area contributed by atoms with Crippen LogP contribution in [0, 0.1) is 0 Å². The van der Waals surface area contributed by atoms with E-state index in [1.165, 1.54) is 11.8 Å². The van der Waals surface area contributed by atoms with Gasteiger partial charge in [0, 0.05) is 27.0 Å². The molecule has 7 heteroatoms.